The molecule has 0 unspecified atom stereocenters. The molecule has 25 heavy (non-hydrogen) atoms. The molecule has 1 fully saturated rings. The van der Waals surface area contributed by atoms with Crippen LogP contribution in [0.25, 0.3) is 0 Å². The molecule has 0 atom stereocenters. The predicted molar refractivity (Wildman–Crippen MR) is 110 cm³/mol. The topological polar surface area (TPSA) is 41.5 Å². The molecule has 0 saturated heterocycles. The zero-order valence-corrected chi connectivity index (χ0v) is 16.3. The number of ketones is 1. The van der Waals surface area contributed by atoms with Gasteiger partial charge < -0.3 is 0 Å². The highest BCUT2D eigenvalue weighted by Gasteiger charge is 2.31. The third kappa shape index (κ3) is 4.26. The second kappa shape index (κ2) is 7.23. The molecule has 0 bridgehead atoms. The van der Waals surface area contributed by atoms with E-state index in [0.717, 1.165) is 22.7 Å². The number of hydrazone groups is 1. The molecule has 2 aromatic rings. The van der Waals surface area contributed by atoms with Gasteiger partial charge in [-0.1, -0.05) is 86.3 Å². The van der Waals surface area contributed by atoms with Crippen molar-refractivity contribution in [3.8, 4) is 0 Å². The lowest BCUT2D eigenvalue weighted by Gasteiger charge is -2.30. The molecular weight excluding hydrogens is 347 g/mol. The van der Waals surface area contributed by atoms with Gasteiger partial charge in [0.25, 0.3) is 0 Å². The molecule has 0 aromatic heterocycles. The summed E-state index contributed by atoms with van der Waals surface area (Å²) in [6.07, 6.45) is -0.395. The molecule has 2 aromatic carbocycles. The molecule has 0 aliphatic heterocycles. The summed E-state index contributed by atoms with van der Waals surface area (Å²) in [4.78, 5) is 12.0. The Hall–Kier alpha value is -1.77. The van der Waals surface area contributed by atoms with Crippen molar-refractivity contribution in [1.29, 1.82) is 0 Å². The second-order valence-corrected chi connectivity index (χ2v) is 11.4. The van der Waals surface area contributed by atoms with Gasteiger partial charge in [-0.05, 0) is 11.8 Å². The SMILES string of the molecule is CC1(C)CC(=O)CC(=NNP(=S)(c2ccccc2)c2ccccc2)C1. The van der Waals surface area contributed by atoms with Gasteiger partial charge in [-0.25, -0.2) is 0 Å². The van der Waals surface area contributed by atoms with E-state index in [1.807, 2.05) is 36.4 Å². The molecule has 1 aliphatic rings. The number of nitrogens with one attached hydrogen (secondary N) is 1. The lowest BCUT2D eigenvalue weighted by molar-refractivity contribution is -0.120. The summed E-state index contributed by atoms with van der Waals surface area (Å²) in [5.41, 5.74) is 0.875. The largest absolute Gasteiger partial charge is 0.299 e. The molecule has 3 rings (SSSR count). The highest BCUT2D eigenvalue weighted by Crippen LogP contribution is 2.39. The number of nitrogens with zero attached hydrogens (tertiary/aromatic N) is 1. The van der Waals surface area contributed by atoms with Crippen molar-refractivity contribution in [1.82, 2.24) is 5.20 Å². The predicted octanol–water partition coefficient (Wildman–Crippen LogP) is 3.76. The summed E-state index contributed by atoms with van der Waals surface area (Å²) < 4.78 is 0. The summed E-state index contributed by atoms with van der Waals surface area (Å²) in [5, 5.41) is 10.1. The van der Waals surface area contributed by atoms with Crippen molar-refractivity contribution in [3.63, 3.8) is 0 Å². The number of benzene rings is 2. The molecular formula is C20H23N2OPS. The minimum Gasteiger partial charge on any atom is -0.299 e. The van der Waals surface area contributed by atoms with E-state index in [-0.39, 0.29) is 11.2 Å². The first-order chi connectivity index (χ1) is 11.9. The average molecular weight is 370 g/mol. The standard InChI is InChI=1S/C20H23N2OPS/c1-20(2)14-16(13-17(23)15-20)21-22-24(25,18-9-5-3-6-10-18)19-11-7-4-8-12-19/h3-12H,13-15H2,1-2H3,(H,22,25). The molecule has 1 N–H and O–H groups in total. The molecule has 5 heteroatoms. The van der Waals surface area contributed by atoms with Crippen LogP contribution in [0, 0.1) is 5.41 Å². The maximum absolute atomic E-state index is 12.0. The van der Waals surface area contributed by atoms with E-state index in [1.165, 1.54) is 0 Å². The van der Waals surface area contributed by atoms with E-state index >= 15 is 0 Å². The van der Waals surface area contributed by atoms with E-state index in [9.17, 15) is 4.79 Å². The van der Waals surface area contributed by atoms with Crippen LogP contribution in [-0.2, 0) is 16.6 Å². The van der Waals surface area contributed by atoms with Crippen LogP contribution in [0.1, 0.15) is 33.1 Å². The second-order valence-electron chi connectivity index (χ2n) is 7.29. The fourth-order valence-electron chi connectivity index (χ4n) is 3.26. The van der Waals surface area contributed by atoms with Crippen molar-refractivity contribution in [2.45, 2.75) is 33.1 Å². The first kappa shape index (κ1) is 18.0. The number of hydrogen-bond donors (Lipinski definition) is 1. The van der Waals surface area contributed by atoms with E-state index in [4.69, 9.17) is 11.8 Å². The van der Waals surface area contributed by atoms with E-state index < -0.39 is 6.19 Å². The van der Waals surface area contributed by atoms with Gasteiger partial charge in [0.1, 0.15) is 12.0 Å². The van der Waals surface area contributed by atoms with Gasteiger partial charge in [0.05, 0.1) is 0 Å². The van der Waals surface area contributed by atoms with Crippen LogP contribution in [0.2, 0.25) is 0 Å². The summed E-state index contributed by atoms with van der Waals surface area (Å²) >= 11 is 6.10. The van der Waals surface area contributed by atoms with Crippen molar-refractivity contribution >= 4 is 40.1 Å². The minimum atomic E-state index is -2.27. The Bertz CT molecular complexity index is 788. The number of hydrogen-bond acceptors (Lipinski definition) is 3. The zero-order chi connectivity index (χ0) is 17.9. The van der Waals surface area contributed by atoms with E-state index in [1.54, 1.807) is 0 Å². The number of carbonyl (C=O) groups excluding carboxylic acids is 1. The van der Waals surface area contributed by atoms with Crippen LogP contribution in [-0.4, -0.2) is 11.5 Å². The number of rotatable bonds is 4. The molecule has 130 valence electrons. The van der Waals surface area contributed by atoms with Gasteiger partial charge in [0, 0.05) is 29.2 Å². The van der Waals surface area contributed by atoms with Crippen molar-refractivity contribution in [2.75, 3.05) is 0 Å². The molecule has 0 radical (unpaired) electrons. The summed E-state index contributed by atoms with van der Waals surface area (Å²) in [6.45, 7) is 4.23. The van der Waals surface area contributed by atoms with Gasteiger partial charge in [-0.2, -0.15) is 5.10 Å². The number of carbonyl (C=O) groups is 1. The quantitative estimate of drug-likeness (QED) is 0.658. The Morgan fingerprint density at radius 1 is 0.960 bits per heavy atom. The Morgan fingerprint density at radius 3 is 1.96 bits per heavy atom. The van der Waals surface area contributed by atoms with E-state index in [2.05, 4.69) is 48.4 Å². The smallest absolute Gasteiger partial charge is 0.139 e. The van der Waals surface area contributed by atoms with Gasteiger partial charge in [0.15, 0.2) is 0 Å². The van der Waals surface area contributed by atoms with Crippen molar-refractivity contribution < 1.29 is 4.79 Å². The van der Waals surface area contributed by atoms with Crippen LogP contribution >= 0.6 is 6.19 Å². The Kier molecular flexibility index (Phi) is 5.21. The third-order valence-corrected chi connectivity index (χ3v) is 8.29. The zero-order valence-electron chi connectivity index (χ0n) is 14.6. The van der Waals surface area contributed by atoms with Crippen molar-refractivity contribution in [2.24, 2.45) is 10.5 Å². The van der Waals surface area contributed by atoms with Crippen LogP contribution in [0.5, 0.6) is 0 Å². The van der Waals surface area contributed by atoms with E-state index in [0.29, 0.717) is 12.8 Å². The van der Waals surface area contributed by atoms with Gasteiger partial charge in [-0.3, -0.25) is 9.99 Å². The third-order valence-electron chi connectivity index (χ3n) is 4.35. The molecule has 1 aliphatic carbocycles. The lowest BCUT2D eigenvalue weighted by atomic mass is 9.76. The maximum atomic E-state index is 12.0. The highest BCUT2D eigenvalue weighted by molar-refractivity contribution is 8.20. The Labute approximate surface area is 154 Å². The van der Waals surface area contributed by atoms with Gasteiger partial charge >= 0.3 is 0 Å². The Morgan fingerprint density at radius 2 is 1.48 bits per heavy atom. The summed E-state index contributed by atoms with van der Waals surface area (Å²) in [6, 6.07) is 20.2. The lowest BCUT2D eigenvalue weighted by Crippen LogP contribution is -2.31. The molecule has 3 nitrogen and oxygen atoms in total. The first-order valence-corrected chi connectivity index (χ1v) is 11.2. The summed E-state index contributed by atoms with van der Waals surface area (Å²) in [7, 11) is 0. The molecule has 0 spiro atoms. The van der Waals surface area contributed by atoms with Gasteiger partial charge in [-0.15, -0.1) is 0 Å². The van der Waals surface area contributed by atoms with Crippen LogP contribution in [0.15, 0.2) is 65.8 Å². The first-order valence-electron chi connectivity index (χ1n) is 8.45. The fraction of sp³-hybridized carbons (Fsp3) is 0.300. The van der Waals surface area contributed by atoms with Crippen LogP contribution in [0.4, 0.5) is 0 Å². The number of Topliss-reactive ketones (excluding diaryl/α,β-unsaturated/α-hetero) is 1. The van der Waals surface area contributed by atoms with Gasteiger partial charge in [0.2, 0.25) is 0 Å². The monoisotopic (exact) mass is 370 g/mol. The van der Waals surface area contributed by atoms with Crippen LogP contribution < -0.4 is 15.8 Å². The average Bonchev–Trinajstić information content (AvgIpc) is 2.59. The highest BCUT2D eigenvalue weighted by atomic mass is 32.4. The normalized spacial score (nSPS) is 19.0. The summed E-state index contributed by atoms with van der Waals surface area (Å²) in [5.74, 6) is 0.254. The Balaban J connectivity index is 1.96. The molecule has 1 saturated carbocycles. The molecule has 0 heterocycles. The molecule has 0 amide bonds. The van der Waals surface area contributed by atoms with Crippen LogP contribution in [0.3, 0.4) is 0 Å². The van der Waals surface area contributed by atoms with Crippen molar-refractivity contribution in [3.05, 3.63) is 60.7 Å². The maximum Gasteiger partial charge on any atom is 0.139 e. The minimum absolute atomic E-state index is 0.0299. The fourth-order valence-corrected chi connectivity index (χ4v) is 6.11.